The summed E-state index contributed by atoms with van der Waals surface area (Å²) in [5, 5.41) is 3.19. The second kappa shape index (κ2) is 7.17. The van der Waals surface area contributed by atoms with Gasteiger partial charge < -0.3 is 10.1 Å². The van der Waals surface area contributed by atoms with Crippen LogP contribution in [0.3, 0.4) is 0 Å². The first kappa shape index (κ1) is 15.4. The van der Waals surface area contributed by atoms with Gasteiger partial charge in [-0.1, -0.05) is 37.3 Å². The molecular formula is C15H16BrN3O2. The lowest BCUT2D eigenvalue weighted by atomic mass is 10.1. The average molecular weight is 350 g/mol. The van der Waals surface area contributed by atoms with Crippen LogP contribution in [0.2, 0.25) is 0 Å². The molecule has 0 atom stereocenters. The lowest BCUT2D eigenvalue weighted by Gasteiger charge is -2.12. The molecular weight excluding hydrogens is 334 g/mol. The maximum absolute atomic E-state index is 11.7. The number of methoxy groups -OCH3 is 1. The first-order valence-corrected chi connectivity index (χ1v) is 7.41. The molecule has 6 heteroatoms. The van der Waals surface area contributed by atoms with Gasteiger partial charge >= 0.3 is 5.97 Å². The molecule has 21 heavy (non-hydrogen) atoms. The van der Waals surface area contributed by atoms with Crippen LogP contribution in [0.25, 0.3) is 11.3 Å². The molecule has 1 aromatic carbocycles. The topological polar surface area (TPSA) is 64.1 Å². The monoisotopic (exact) mass is 349 g/mol. The number of hydrogen-bond donors (Lipinski definition) is 1. The van der Waals surface area contributed by atoms with Crippen molar-refractivity contribution < 1.29 is 9.53 Å². The Hall–Kier alpha value is -1.95. The van der Waals surface area contributed by atoms with Gasteiger partial charge in [-0.3, -0.25) is 0 Å². The Morgan fingerprint density at radius 1 is 1.29 bits per heavy atom. The number of ether oxygens (including phenoxy) is 1. The van der Waals surface area contributed by atoms with Crippen molar-refractivity contribution in [2.75, 3.05) is 19.0 Å². The Labute approximate surface area is 131 Å². The van der Waals surface area contributed by atoms with Crippen molar-refractivity contribution in [1.82, 2.24) is 9.97 Å². The molecule has 0 radical (unpaired) electrons. The molecule has 110 valence electrons. The van der Waals surface area contributed by atoms with Gasteiger partial charge in [0.2, 0.25) is 5.82 Å². The van der Waals surface area contributed by atoms with Crippen LogP contribution in [-0.2, 0) is 4.74 Å². The summed E-state index contributed by atoms with van der Waals surface area (Å²) in [4.78, 5) is 20.3. The number of rotatable bonds is 5. The molecule has 0 saturated heterocycles. The van der Waals surface area contributed by atoms with Crippen LogP contribution in [0, 0.1) is 0 Å². The third-order valence-electron chi connectivity index (χ3n) is 2.81. The van der Waals surface area contributed by atoms with Crippen LogP contribution in [0.15, 0.2) is 34.8 Å². The third-order valence-corrected chi connectivity index (χ3v) is 3.56. The van der Waals surface area contributed by atoms with Gasteiger partial charge in [0.05, 0.1) is 17.3 Å². The number of halogens is 1. The zero-order valence-electron chi connectivity index (χ0n) is 11.9. The SMILES string of the molecule is CCCNc1nc(C(=O)OC)nc(-c2ccccc2)c1Br. The molecule has 1 aromatic heterocycles. The maximum Gasteiger partial charge on any atom is 0.376 e. The van der Waals surface area contributed by atoms with Crippen molar-refractivity contribution >= 4 is 27.7 Å². The van der Waals surface area contributed by atoms with E-state index < -0.39 is 5.97 Å². The quantitative estimate of drug-likeness (QED) is 0.836. The fourth-order valence-corrected chi connectivity index (χ4v) is 2.32. The van der Waals surface area contributed by atoms with E-state index in [0.717, 1.165) is 23.0 Å². The number of carbonyl (C=O) groups excluding carboxylic acids is 1. The van der Waals surface area contributed by atoms with E-state index in [1.807, 2.05) is 30.3 Å². The van der Waals surface area contributed by atoms with E-state index in [4.69, 9.17) is 4.74 Å². The number of benzene rings is 1. The summed E-state index contributed by atoms with van der Waals surface area (Å²) in [6.07, 6.45) is 0.949. The predicted molar refractivity (Wildman–Crippen MR) is 85.3 cm³/mol. The first-order valence-electron chi connectivity index (χ1n) is 6.62. The summed E-state index contributed by atoms with van der Waals surface area (Å²) in [5.41, 5.74) is 1.56. The first-order chi connectivity index (χ1) is 10.2. The van der Waals surface area contributed by atoms with Crippen LogP contribution in [0.4, 0.5) is 5.82 Å². The normalized spacial score (nSPS) is 10.2. The Bertz CT molecular complexity index is 632. The predicted octanol–water partition coefficient (Wildman–Crippen LogP) is 3.51. The molecule has 0 aliphatic carbocycles. The van der Waals surface area contributed by atoms with E-state index in [0.29, 0.717) is 11.5 Å². The molecule has 2 rings (SSSR count). The molecule has 0 spiro atoms. The Morgan fingerprint density at radius 2 is 2.00 bits per heavy atom. The number of nitrogens with zero attached hydrogens (tertiary/aromatic N) is 2. The van der Waals surface area contributed by atoms with E-state index in [-0.39, 0.29) is 5.82 Å². The minimum absolute atomic E-state index is 0.0400. The highest BCUT2D eigenvalue weighted by Crippen LogP contribution is 2.31. The Kier molecular flexibility index (Phi) is 5.27. The summed E-state index contributed by atoms with van der Waals surface area (Å²) < 4.78 is 5.45. The van der Waals surface area contributed by atoms with Crippen molar-refractivity contribution in [3.63, 3.8) is 0 Å². The van der Waals surface area contributed by atoms with Gasteiger partial charge in [0.15, 0.2) is 0 Å². The zero-order valence-corrected chi connectivity index (χ0v) is 13.5. The van der Waals surface area contributed by atoms with E-state index in [9.17, 15) is 4.79 Å². The number of hydrogen-bond acceptors (Lipinski definition) is 5. The van der Waals surface area contributed by atoms with Crippen molar-refractivity contribution in [2.45, 2.75) is 13.3 Å². The smallest absolute Gasteiger partial charge is 0.376 e. The molecule has 0 aliphatic heterocycles. The number of anilines is 1. The second-order valence-corrected chi connectivity index (χ2v) is 5.14. The largest absolute Gasteiger partial charge is 0.463 e. The van der Waals surface area contributed by atoms with Gasteiger partial charge in [-0.2, -0.15) is 0 Å². The number of aromatic nitrogens is 2. The number of esters is 1. The molecule has 2 aromatic rings. The molecule has 0 amide bonds. The van der Waals surface area contributed by atoms with Crippen molar-refractivity contribution in [2.24, 2.45) is 0 Å². The standard InChI is InChI=1S/C15H16BrN3O2/c1-3-9-17-13-11(16)12(10-7-5-4-6-8-10)18-14(19-13)15(20)21-2/h4-8H,3,9H2,1-2H3,(H,17,18,19). The number of carbonyl (C=O) groups is 1. The van der Waals surface area contributed by atoms with Gasteiger partial charge in [-0.05, 0) is 22.4 Å². The minimum atomic E-state index is -0.556. The van der Waals surface area contributed by atoms with Gasteiger partial charge in [0.25, 0.3) is 0 Å². The second-order valence-electron chi connectivity index (χ2n) is 4.34. The lowest BCUT2D eigenvalue weighted by Crippen LogP contribution is -2.12. The van der Waals surface area contributed by atoms with Gasteiger partial charge in [-0.15, -0.1) is 0 Å². The van der Waals surface area contributed by atoms with Crippen LogP contribution in [0.5, 0.6) is 0 Å². The Morgan fingerprint density at radius 3 is 2.62 bits per heavy atom. The summed E-state index contributed by atoms with van der Waals surface area (Å²) in [6, 6.07) is 9.62. The van der Waals surface area contributed by atoms with E-state index in [1.54, 1.807) is 0 Å². The van der Waals surface area contributed by atoms with Crippen molar-refractivity contribution in [3.05, 3.63) is 40.6 Å². The molecule has 0 fully saturated rings. The fourth-order valence-electron chi connectivity index (χ4n) is 1.78. The Balaban J connectivity index is 2.54. The molecule has 0 saturated carbocycles. The molecule has 0 unspecified atom stereocenters. The van der Waals surface area contributed by atoms with Gasteiger partial charge in [0.1, 0.15) is 5.82 Å². The van der Waals surface area contributed by atoms with Crippen molar-refractivity contribution in [3.8, 4) is 11.3 Å². The van der Waals surface area contributed by atoms with Crippen molar-refractivity contribution in [1.29, 1.82) is 0 Å². The highest BCUT2D eigenvalue weighted by atomic mass is 79.9. The fraction of sp³-hybridized carbons (Fsp3) is 0.267. The summed E-state index contributed by atoms with van der Waals surface area (Å²) in [7, 11) is 1.31. The lowest BCUT2D eigenvalue weighted by molar-refractivity contribution is 0.0587. The van der Waals surface area contributed by atoms with Crippen LogP contribution < -0.4 is 5.32 Å². The summed E-state index contributed by atoms with van der Waals surface area (Å²) >= 11 is 3.51. The van der Waals surface area contributed by atoms with Crippen LogP contribution >= 0.6 is 15.9 Å². The van der Waals surface area contributed by atoms with E-state index >= 15 is 0 Å². The molecule has 0 aliphatic rings. The van der Waals surface area contributed by atoms with Gasteiger partial charge in [-0.25, -0.2) is 14.8 Å². The molecule has 0 bridgehead atoms. The molecule has 1 N–H and O–H groups in total. The third kappa shape index (κ3) is 3.58. The molecule has 1 heterocycles. The minimum Gasteiger partial charge on any atom is -0.463 e. The van der Waals surface area contributed by atoms with E-state index in [2.05, 4.69) is 38.1 Å². The van der Waals surface area contributed by atoms with Gasteiger partial charge in [0, 0.05) is 12.1 Å². The van der Waals surface area contributed by atoms with E-state index in [1.165, 1.54) is 7.11 Å². The summed E-state index contributed by atoms with van der Waals surface area (Å²) in [6.45, 7) is 2.81. The van der Waals surface area contributed by atoms with Crippen LogP contribution in [0.1, 0.15) is 24.0 Å². The highest BCUT2D eigenvalue weighted by Gasteiger charge is 2.18. The molecule has 5 nitrogen and oxygen atoms in total. The zero-order chi connectivity index (χ0) is 15.2. The number of nitrogens with one attached hydrogen (secondary N) is 1. The van der Waals surface area contributed by atoms with Crippen LogP contribution in [-0.4, -0.2) is 29.6 Å². The average Bonchev–Trinajstić information content (AvgIpc) is 2.54. The highest BCUT2D eigenvalue weighted by molar-refractivity contribution is 9.10. The summed E-state index contributed by atoms with van der Waals surface area (Å²) in [5.74, 6) is 0.0727. The maximum atomic E-state index is 11.7.